The van der Waals surface area contributed by atoms with Crippen LogP contribution in [0, 0.1) is 0 Å². The van der Waals surface area contributed by atoms with Gasteiger partial charge in [-0.15, -0.1) is 0 Å². The first-order chi connectivity index (χ1) is 10.8. The van der Waals surface area contributed by atoms with Crippen LogP contribution in [0.4, 0.5) is 0 Å². The van der Waals surface area contributed by atoms with Gasteiger partial charge in [-0.1, -0.05) is 6.07 Å². The molecule has 3 aromatic rings. The van der Waals surface area contributed by atoms with E-state index < -0.39 is 0 Å². The number of carbonyl (C=O) groups excluding carboxylic acids is 1. The van der Waals surface area contributed by atoms with E-state index in [1.54, 1.807) is 29.6 Å². The molecule has 0 saturated carbocycles. The molecule has 6 nitrogen and oxygen atoms in total. The molecule has 0 radical (unpaired) electrons. The van der Waals surface area contributed by atoms with Gasteiger partial charge >= 0.3 is 0 Å². The van der Waals surface area contributed by atoms with Crippen LogP contribution >= 0.6 is 0 Å². The van der Waals surface area contributed by atoms with Crippen molar-refractivity contribution in [2.75, 3.05) is 0 Å². The number of hydrogen-bond donors (Lipinski definition) is 0. The molecule has 110 valence electrons. The summed E-state index contributed by atoms with van der Waals surface area (Å²) in [5, 5.41) is 0. The van der Waals surface area contributed by atoms with Crippen molar-refractivity contribution in [1.29, 1.82) is 0 Å². The van der Waals surface area contributed by atoms with Crippen LogP contribution in [-0.2, 0) is 13.1 Å². The van der Waals surface area contributed by atoms with E-state index in [-0.39, 0.29) is 5.91 Å². The Bertz CT molecular complexity index is 714. The van der Waals surface area contributed by atoms with Gasteiger partial charge in [-0.2, -0.15) is 0 Å². The third-order valence-corrected chi connectivity index (χ3v) is 3.09. The van der Waals surface area contributed by atoms with Gasteiger partial charge in [-0.05, 0) is 23.8 Å². The van der Waals surface area contributed by atoms with Crippen molar-refractivity contribution >= 4 is 5.91 Å². The molecule has 0 bridgehead atoms. The Balaban J connectivity index is 1.84. The van der Waals surface area contributed by atoms with Crippen molar-refractivity contribution in [3.63, 3.8) is 0 Å². The lowest BCUT2D eigenvalue weighted by Gasteiger charge is -2.21. The maximum absolute atomic E-state index is 12.6. The Labute approximate surface area is 127 Å². The molecule has 1 amide bonds. The lowest BCUT2D eigenvalue weighted by atomic mass is 10.2. The molecule has 0 unspecified atom stereocenters. The number of nitrogens with zero attached hydrogens (tertiary/aromatic N) is 4. The fraction of sp³-hybridized carbons (Fsp3) is 0.125. The van der Waals surface area contributed by atoms with Crippen molar-refractivity contribution in [2.45, 2.75) is 13.1 Å². The van der Waals surface area contributed by atoms with E-state index >= 15 is 0 Å². The lowest BCUT2D eigenvalue weighted by Crippen LogP contribution is -2.30. The third-order valence-electron chi connectivity index (χ3n) is 3.09. The molecule has 3 heterocycles. The van der Waals surface area contributed by atoms with Gasteiger partial charge in [0.2, 0.25) is 0 Å². The molecule has 22 heavy (non-hydrogen) atoms. The number of hydrogen-bond acceptors (Lipinski definition) is 5. The average molecular weight is 294 g/mol. The van der Waals surface area contributed by atoms with Crippen molar-refractivity contribution in [1.82, 2.24) is 19.9 Å². The SMILES string of the molecule is O=C(c1cnccn1)N(Cc1cccnc1)Cc1ccco1. The van der Waals surface area contributed by atoms with Crippen molar-refractivity contribution < 1.29 is 9.21 Å². The number of rotatable bonds is 5. The number of pyridine rings is 1. The molecule has 0 aromatic carbocycles. The molecule has 0 saturated heterocycles. The van der Waals surface area contributed by atoms with Gasteiger partial charge in [0.15, 0.2) is 0 Å². The highest BCUT2D eigenvalue weighted by Crippen LogP contribution is 2.12. The second kappa shape index (κ2) is 6.62. The molecule has 0 aliphatic rings. The number of carbonyl (C=O) groups is 1. The summed E-state index contributed by atoms with van der Waals surface area (Å²) in [6.07, 6.45) is 9.52. The summed E-state index contributed by atoms with van der Waals surface area (Å²) in [5.74, 6) is 0.509. The van der Waals surface area contributed by atoms with Crippen LogP contribution in [0.1, 0.15) is 21.8 Å². The summed E-state index contributed by atoms with van der Waals surface area (Å²) in [6, 6.07) is 7.39. The molecule has 3 rings (SSSR count). The van der Waals surface area contributed by atoms with E-state index in [0.29, 0.717) is 24.5 Å². The number of amides is 1. The van der Waals surface area contributed by atoms with Crippen molar-refractivity contribution in [3.8, 4) is 0 Å². The minimum absolute atomic E-state index is 0.201. The summed E-state index contributed by atoms with van der Waals surface area (Å²) in [6.45, 7) is 0.779. The molecule has 0 aliphatic heterocycles. The number of aromatic nitrogens is 3. The second-order valence-electron chi connectivity index (χ2n) is 4.69. The zero-order valence-corrected chi connectivity index (χ0v) is 11.8. The highest BCUT2D eigenvalue weighted by molar-refractivity contribution is 5.91. The first-order valence-corrected chi connectivity index (χ1v) is 6.79. The van der Waals surface area contributed by atoms with Crippen LogP contribution in [0.25, 0.3) is 0 Å². The predicted octanol–water partition coefficient (Wildman–Crippen LogP) is 2.31. The maximum Gasteiger partial charge on any atom is 0.274 e. The van der Waals surface area contributed by atoms with Gasteiger partial charge in [0.05, 0.1) is 19.0 Å². The average Bonchev–Trinajstić information content (AvgIpc) is 3.08. The van der Waals surface area contributed by atoms with E-state index in [4.69, 9.17) is 4.42 Å². The van der Waals surface area contributed by atoms with Gasteiger partial charge < -0.3 is 9.32 Å². The minimum Gasteiger partial charge on any atom is -0.467 e. The summed E-state index contributed by atoms with van der Waals surface area (Å²) < 4.78 is 5.34. The molecule has 0 atom stereocenters. The Hall–Kier alpha value is -3.02. The standard InChI is InChI=1S/C16H14N4O2/c21-16(15-10-18-6-7-19-15)20(12-14-4-2-8-22-14)11-13-3-1-5-17-9-13/h1-10H,11-12H2. The lowest BCUT2D eigenvalue weighted by molar-refractivity contribution is 0.0711. The van der Waals surface area contributed by atoms with Crippen molar-refractivity contribution in [3.05, 3.63) is 78.5 Å². The van der Waals surface area contributed by atoms with Crippen LogP contribution in [0.3, 0.4) is 0 Å². The van der Waals surface area contributed by atoms with Crippen molar-refractivity contribution in [2.24, 2.45) is 0 Å². The van der Waals surface area contributed by atoms with E-state index in [1.165, 1.54) is 18.6 Å². The molecular weight excluding hydrogens is 280 g/mol. The first-order valence-electron chi connectivity index (χ1n) is 6.79. The first kappa shape index (κ1) is 13.9. The second-order valence-corrected chi connectivity index (χ2v) is 4.69. The Morgan fingerprint density at radius 1 is 1.05 bits per heavy atom. The Morgan fingerprint density at radius 2 is 1.95 bits per heavy atom. The molecule has 6 heteroatoms. The molecule has 0 spiro atoms. The molecular formula is C16H14N4O2. The predicted molar refractivity (Wildman–Crippen MR) is 78.6 cm³/mol. The largest absolute Gasteiger partial charge is 0.467 e. The van der Waals surface area contributed by atoms with E-state index in [1.807, 2.05) is 18.2 Å². The van der Waals surface area contributed by atoms with E-state index in [9.17, 15) is 4.79 Å². The van der Waals surface area contributed by atoms with Gasteiger partial charge in [0.1, 0.15) is 11.5 Å². The monoisotopic (exact) mass is 294 g/mol. The van der Waals surface area contributed by atoms with Gasteiger partial charge in [0, 0.05) is 31.3 Å². The van der Waals surface area contributed by atoms with Crippen LogP contribution < -0.4 is 0 Å². The summed E-state index contributed by atoms with van der Waals surface area (Å²) in [5.41, 5.74) is 1.24. The van der Waals surface area contributed by atoms with Gasteiger partial charge in [0.25, 0.3) is 5.91 Å². The van der Waals surface area contributed by atoms with Crippen LogP contribution in [0.15, 0.2) is 65.9 Å². The summed E-state index contributed by atoms with van der Waals surface area (Å²) in [7, 11) is 0. The molecule has 0 aliphatic carbocycles. The van der Waals surface area contributed by atoms with E-state index in [0.717, 1.165) is 5.56 Å². The van der Waals surface area contributed by atoms with Crippen LogP contribution in [0.2, 0.25) is 0 Å². The highest BCUT2D eigenvalue weighted by atomic mass is 16.3. The quantitative estimate of drug-likeness (QED) is 0.722. The van der Waals surface area contributed by atoms with Crippen LogP contribution in [-0.4, -0.2) is 25.8 Å². The fourth-order valence-electron chi connectivity index (χ4n) is 2.07. The summed E-state index contributed by atoms with van der Waals surface area (Å²) >= 11 is 0. The topological polar surface area (TPSA) is 72.1 Å². The normalized spacial score (nSPS) is 10.4. The molecule has 0 N–H and O–H groups in total. The Morgan fingerprint density at radius 3 is 2.64 bits per heavy atom. The zero-order valence-electron chi connectivity index (χ0n) is 11.8. The third kappa shape index (κ3) is 3.35. The maximum atomic E-state index is 12.6. The smallest absolute Gasteiger partial charge is 0.274 e. The minimum atomic E-state index is -0.201. The number of furan rings is 1. The zero-order chi connectivity index (χ0) is 15.2. The molecule has 0 fully saturated rings. The van der Waals surface area contributed by atoms with Gasteiger partial charge in [-0.25, -0.2) is 4.98 Å². The highest BCUT2D eigenvalue weighted by Gasteiger charge is 2.19. The summed E-state index contributed by atoms with van der Waals surface area (Å²) in [4.78, 5) is 26.4. The van der Waals surface area contributed by atoms with Crippen LogP contribution in [0.5, 0.6) is 0 Å². The van der Waals surface area contributed by atoms with E-state index in [2.05, 4.69) is 15.0 Å². The molecule has 3 aromatic heterocycles. The Kier molecular flexibility index (Phi) is 4.20. The van der Waals surface area contributed by atoms with Gasteiger partial charge in [-0.3, -0.25) is 14.8 Å². The fourth-order valence-corrected chi connectivity index (χ4v) is 2.07.